The molecule has 1 rings (SSSR count). The molecule has 1 fully saturated rings. The number of amides is 1. The van der Waals surface area contributed by atoms with Crippen molar-refractivity contribution in [1.29, 1.82) is 0 Å². The standard InChI is InChI=1S/C14H29N3O/c1-6-16(7-2)9-8-10-17-12(5)15-13(11(3)4)14(17)18/h11-13,15H,6-10H2,1-5H3. The number of nitrogens with zero attached hydrogens (tertiary/aromatic N) is 2. The largest absolute Gasteiger partial charge is 0.326 e. The molecule has 0 bridgehead atoms. The van der Waals surface area contributed by atoms with E-state index < -0.39 is 0 Å². The Kier molecular flexibility index (Phi) is 6.09. The Bertz CT molecular complexity index is 264. The zero-order valence-electron chi connectivity index (χ0n) is 12.6. The van der Waals surface area contributed by atoms with Crippen LogP contribution in [0.1, 0.15) is 41.0 Å². The fourth-order valence-corrected chi connectivity index (χ4v) is 2.58. The molecule has 1 heterocycles. The SMILES string of the molecule is CCN(CC)CCCN1C(=O)C(C(C)C)NC1C. The number of carbonyl (C=O) groups excluding carboxylic acids is 1. The Morgan fingerprint density at radius 2 is 1.94 bits per heavy atom. The van der Waals surface area contributed by atoms with Crippen LogP contribution in [0.3, 0.4) is 0 Å². The van der Waals surface area contributed by atoms with Crippen molar-refractivity contribution in [2.75, 3.05) is 26.2 Å². The summed E-state index contributed by atoms with van der Waals surface area (Å²) >= 11 is 0. The molecule has 1 N–H and O–H groups in total. The van der Waals surface area contributed by atoms with E-state index in [1.165, 1.54) is 0 Å². The number of carbonyl (C=O) groups is 1. The van der Waals surface area contributed by atoms with Crippen molar-refractivity contribution in [3.05, 3.63) is 0 Å². The minimum absolute atomic E-state index is 0.00783. The van der Waals surface area contributed by atoms with E-state index in [-0.39, 0.29) is 18.1 Å². The van der Waals surface area contributed by atoms with E-state index in [0.717, 1.165) is 32.6 Å². The second kappa shape index (κ2) is 7.10. The van der Waals surface area contributed by atoms with Gasteiger partial charge in [0.1, 0.15) is 0 Å². The lowest BCUT2D eigenvalue weighted by atomic mass is 10.1. The highest BCUT2D eigenvalue weighted by Crippen LogP contribution is 2.16. The van der Waals surface area contributed by atoms with Gasteiger partial charge in [0.15, 0.2) is 0 Å². The van der Waals surface area contributed by atoms with Gasteiger partial charge in [0.25, 0.3) is 0 Å². The van der Waals surface area contributed by atoms with Crippen LogP contribution < -0.4 is 5.32 Å². The quantitative estimate of drug-likeness (QED) is 0.749. The molecule has 0 aliphatic carbocycles. The zero-order valence-corrected chi connectivity index (χ0v) is 12.6. The molecule has 0 aromatic rings. The van der Waals surface area contributed by atoms with Crippen LogP contribution in [0.2, 0.25) is 0 Å². The second-order valence-electron chi connectivity index (χ2n) is 5.48. The topological polar surface area (TPSA) is 35.6 Å². The van der Waals surface area contributed by atoms with Crippen molar-refractivity contribution >= 4 is 5.91 Å². The maximum atomic E-state index is 12.2. The molecule has 1 amide bonds. The summed E-state index contributed by atoms with van der Waals surface area (Å²) in [7, 11) is 0. The highest BCUT2D eigenvalue weighted by atomic mass is 16.2. The fourth-order valence-electron chi connectivity index (χ4n) is 2.58. The smallest absolute Gasteiger partial charge is 0.241 e. The van der Waals surface area contributed by atoms with Crippen LogP contribution in [0, 0.1) is 5.92 Å². The summed E-state index contributed by atoms with van der Waals surface area (Å²) in [6.07, 6.45) is 1.24. The van der Waals surface area contributed by atoms with Gasteiger partial charge in [0.05, 0.1) is 12.2 Å². The molecule has 2 atom stereocenters. The van der Waals surface area contributed by atoms with E-state index in [0.29, 0.717) is 5.92 Å². The highest BCUT2D eigenvalue weighted by molar-refractivity contribution is 5.84. The van der Waals surface area contributed by atoms with Crippen LogP contribution in [0.4, 0.5) is 0 Å². The van der Waals surface area contributed by atoms with Crippen LogP contribution >= 0.6 is 0 Å². The molecule has 4 nitrogen and oxygen atoms in total. The number of nitrogens with one attached hydrogen (secondary N) is 1. The van der Waals surface area contributed by atoms with Crippen molar-refractivity contribution in [1.82, 2.24) is 15.1 Å². The average Bonchev–Trinajstić information content (AvgIpc) is 2.62. The summed E-state index contributed by atoms with van der Waals surface area (Å²) in [5.41, 5.74) is 0. The molecule has 0 spiro atoms. The predicted molar refractivity (Wildman–Crippen MR) is 75.3 cm³/mol. The molecule has 2 unspecified atom stereocenters. The zero-order chi connectivity index (χ0) is 13.7. The first-order valence-corrected chi connectivity index (χ1v) is 7.30. The summed E-state index contributed by atoms with van der Waals surface area (Å²) in [6, 6.07) is 0.00783. The van der Waals surface area contributed by atoms with E-state index >= 15 is 0 Å². The average molecular weight is 255 g/mol. The molecule has 1 saturated heterocycles. The van der Waals surface area contributed by atoms with Gasteiger partial charge in [-0.15, -0.1) is 0 Å². The van der Waals surface area contributed by atoms with E-state index in [1.807, 2.05) is 4.90 Å². The minimum Gasteiger partial charge on any atom is -0.326 e. The fraction of sp³-hybridized carbons (Fsp3) is 0.929. The maximum absolute atomic E-state index is 12.2. The molecule has 0 aromatic heterocycles. The Balaban J connectivity index is 2.40. The lowest BCUT2D eigenvalue weighted by molar-refractivity contribution is -0.130. The Hall–Kier alpha value is -0.610. The highest BCUT2D eigenvalue weighted by Gasteiger charge is 2.37. The van der Waals surface area contributed by atoms with Crippen LogP contribution in [0.25, 0.3) is 0 Å². The van der Waals surface area contributed by atoms with Crippen molar-refractivity contribution in [3.63, 3.8) is 0 Å². The van der Waals surface area contributed by atoms with Gasteiger partial charge in [-0.2, -0.15) is 0 Å². The van der Waals surface area contributed by atoms with E-state index in [2.05, 4.69) is 44.8 Å². The van der Waals surface area contributed by atoms with Crippen molar-refractivity contribution in [2.45, 2.75) is 53.2 Å². The van der Waals surface area contributed by atoms with E-state index in [9.17, 15) is 4.79 Å². The molecular weight excluding hydrogens is 226 g/mol. The first-order valence-electron chi connectivity index (χ1n) is 7.30. The van der Waals surface area contributed by atoms with Gasteiger partial charge in [-0.1, -0.05) is 27.7 Å². The third kappa shape index (κ3) is 3.69. The number of hydrogen-bond donors (Lipinski definition) is 1. The number of rotatable bonds is 7. The Labute approximate surface area is 112 Å². The van der Waals surface area contributed by atoms with Gasteiger partial charge < -0.3 is 9.80 Å². The van der Waals surface area contributed by atoms with Gasteiger partial charge in [-0.3, -0.25) is 10.1 Å². The lowest BCUT2D eigenvalue weighted by Gasteiger charge is -2.23. The molecule has 1 aliphatic heterocycles. The van der Waals surface area contributed by atoms with Crippen LogP contribution in [-0.2, 0) is 4.79 Å². The summed E-state index contributed by atoms with van der Waals surface area (Å²) in [5.74, 6) is 0.643. The van der Waals surface area contributed by atoms with Crippen molar-refractivity contribution in [2.24, 2.45) is 5.92 Å². The van der Waals surface area contributed by atoms with Crippen LogP contribution in [0.15, 0.2) is 0 Å². The summed E-state index contributed by atoms with van der Waals surface area (Å²) < 4.78 is 0. The van der Waals surface area contributed by atoms with Gasteiger partial charge in [-0.25, -0.2) is 0 Å². The molecule has 4 heteroatoms. The lowest BCUT2D eigenvalue weighted by Crippen LogP contribution is -2.37. The third-order valence-electron chi connectivity index (χ3n) is 3.87. The molecule has 0 radical (unpaired) electrons. The monoisotopic (exact) mass is 255 g/mol. The molecule has 0 saturated carbocycles. The van der Waals surface area contributed by atoms with Crippen LogP contribution in [-0.4, -0.2) is 54.1 Å². The molecule has 106 valence electrons. The first kappa shape index (κ1) is 15.4. The minimum atomic E-state index is 0.00783. The third-order valence-corrected chi connectivity index (χ3v) is 3.87. The first-order chi connectivity index (χ1) is 8.51. The van der Waals surface area contributed by atoms with Gasteiger partial charge in [-0.05, 0) is 38.9 Å². The second-order valence-corrected chi connectivity index (χ2v) is 5.48. The van der Waals surface area contributed by atoms with E-state index in [4.69, 9.17) is 0 Å². The summed E-state index contributed by atoms with van der Waals surface area (Å²) in [6.45, 7) is 14.8. The molecule has 1 aliphatic rings. The molecule has 18 heavy (non-hydrogen) atoms. The van der Waals surface area contributed by atoms with Crippen LogP contribution in [0.5, 0.6) is 0 Å². The summed E-state index contributed by atoms with van der Waals surface area (Å²) in [4.78, 5) is 16.6. The Morgan fingerprint density at radius 1 is 1.33 bits per heavy atom. The van der Waals surface area contributed by atoms with Gasteiger partial charge in [0.2, 0.25) is 5.91 Å². The van der Waals surface area contributed by atoms with Crippen molar-refractivity contribution < 1.29 is 4.79 Å². The molecule has 0 aromatic carbocycles. The maximum Gasteiger partial charge on any atom is 0.241 e. The molecular formula is C14H29N3O. The normalized spacial score (nSPS) is 24.6. The summed E-state index contributed by atoms with van der Waals surface area (Å²) in [5, 5.41) is 3.38. The number of hydrogen-bond acceptors (Lipinski definition) is 3. The Morgan fingerprint density at radius 3 is 2.39 bits per heavy atom. The van der Waals surface area contributed by atoms with Gasteiger partial charge >= 0.3 is 0 Å². The van der Waals surface area contributed by atoms with Crippen molar-refractivity contribution in [3.8, 4) is 0 Å². The van der Waals surface area contributed by atoms with E-state index in [1.54, 1.807) is 0 Å². The predicted octanol–water partition coefficient (Wildman–Crippen LogP) is 1.52. The van der Waals surface area contributed by atoms with Gasteiger partial charge in [0, 0.05) is 6.54 Å².